The standard InChI is InChI=1S/C15H21N5O3/c1-10(21)20-8-7-19(9-12(20)15(23)18(2)3)14(22)11-5-4-6-17-13(11)16/h4-6,12H,7-9H2,1-3H3,(H2,16,17)/t12-/m1/s1. The molecule has 3 amide bonds. The molecule has 124 valence electrons. The Labute approximate surface area is 134 Å². The van der Waals surface area contributed by atoms with E-state index in [4.69, 9.17) is 5.73 Å². The SMILES string of the molecule is CC(=O)N1CCN(C(=O)c2cccnc2N)C[C@@H]1C(=O)N(C)C. The molecule has 0 unspecified atom stereocenters. The van der Waals surface area contributed by atoms with Crippen LogP contribution >= 0.6 is 0 Å². The van der Waals surface area contributed by atoms with E-state index in [1.54, 1.807) is 31.1 Å². The minimum absolute atomic E-state index is 0.143. The fourth-order valence-corrected chi connectivity index (χ4v) is 2.62. The molecule has 23 heavy (non-hydrogen) atoms. The second kappa shape index (κ2) is 6.64. The van der Waals surface area contributed by atoms with Gasteiger partial charge in [-0.3, -0.25) is 14.4 Å². The van der Waals surface area contributed by atoms with E-state index in [0.29, 0.717) is 18.7 Å². The van der Waals surface area contributed by atoms with E-state index in [9.17, 15) is 14.4 Å². The number of aromatic nitrogens is 1. The van der Waals surface area contributed by atoms with Crippen LogP contribution in [-0.4, -0.2) is 77.2 Å². The molecule has 0 aliphatic carbocycles. The highest BCUT2D eigenvalue weighted by molar-refractivity contribution is 5.99. The Balaban J connectivity index is 2.23. The van der Waals surface area contributed by atoms with Crippen molar-refractivity contribution in [2.45, 2.75) is 13.0 Å². The zero-order chi connectivity index (χ0) is 17.1. The molecule has 2 heterocycles. The van der Waals surface area contributed by atoms with Crippen molar-refractivity contribution in [3.8, 4) is 0 Å². The molecule has 1 saturated heterocycles. The second-order valence-corrected chi connectivity index (χ2v) is 5.65. The Kier molecular flexibility index (Phi) is 4.83. The van der Waals surface area contributed by atoms with Gasteiger partial charge in [0, 0.05) is 40.3 Å². The van der Waals surface area contributed by atoms with Gasteiger partial charge >= 0.3 is 0 Å². The lowest BCUT2D eigenvalue weighted by atomic mass is 10.1. The number of piperazine rings is 1. The van der Waals surface area contributed by atoms with Crippen LogP contribution in [0.4, 0.5) is 5.82 Å². The minimum atomic E-state index is -0.682. The molecule has 1 aromatic heterocycles. The molecule has 0 radical (unpaired) electrons. The third kappa shape index (κ3) is 3.41. The van der Waals surface area contributed by atoms with Crippen molar-refractivity contribution in [1.82, 2.24) is 19.7 Å². The first-order valence-corrected chi connectivity index (χ1v) is 7.31. The number of nitrogens with two attached hydrogens (primary N) is 1. The van der Waals surface area contributed by atoms with Crippen molar-refractivity contribution in [2.75, 3.05) is 39.5 Å². The minimum Gasteiger partial charge on any atom is -0.383 e. The normalized spacial score (nSPS) is 17.8. The zero-order valence-corrected chi connectivity index (χ0v) is 13.5. The summed E-state index contributed by atoms with van der Waals surface area (Å²) in [6.45, 7) is 2.23. The number of hydrogen-bond donors (Lipinski definition) is 1. The highest BCUT2D eigenvalue weighted by Gasteiger charge is 2.36. The molecule has 2 N–H and O–H groups in total. The highest BCUT2D eigenvalue weighted by atomic mass is 16.2. The predicted octanol–water partition coefficient (Wildman–Crippen LogP) is -0.575. The van der Waals surface area contributed by atoms with Crippen molar-refractivity contribution < 1.29 is 14.4 Å². The number of nitrogens with zero attached hydrogens (tertiary/aromatic N) is 4. The number of anilines is 1. The number of rotatable bonds is 2. The van der Waals surface area contributed by atoms with Gasteiger partial charge in [-0.05, 0) is 12.1 Å². The molecule has 1 atom stereocenters. The summed E-state index contributed by atoms with van der Waals surface area (Å²) in [5.41, 5.74) is 6.05. The second-order valence-electron chi connectivity index (χ2n) is 5.65. The molecule has 1 aromatic rings. The third-order valence-electron chi connectivity index (χ3n) is 3.87. The molecule has 2 rings (SSSR count). The van der Waals surface area contributed by atoms with Crippen LogP contribution in [0.15, 0.2) is 18.3 Å². The lowest BCUT2D eigenvalue weighted by molar-refractivity contribution is -0.146. The van der Waals surface area contributed by atoms with Crippen LogP contribution in [-0.2, 0) is 9.59 Å². The predicted molar refractivity (Wildman–Crippen MR) is 84.4 cm³/mol. The molecule has 0 saturated carbocycles. The maximum Gasteiger partial charge on any atom is 0.257 e. The molecule has 1 aliphatic heterocycles. The van der Waals surface area contributed by atoms with Crippen LogP contribution in [0.3, 0.4) is 0 Å². The summed E-state index contributed by atoms with van der Waals surface area (Å²) < 4.78 is 0. The number of likely N-dealkylation sites (N-methyl/N-ethyl adjacent to an activating group) is 1. The van der Waals surface area contributed by atoms with Crippen LogP contribution in [0.25, 0.3) is 0 Å². The van der Waals surface area contributed by atoms with Crippen molar-refractivity contribution in [2.24, 2.45) is 0 Å². The number of carbonyl (C=O) groups excluding carboxylic acids is 3. The summed E-state index contributed by atoms with van der Waals surface area (Å²) in [7, 11) is 3.25. The lowest BCUT2D eigenvalue weighted by Crippen LogP contribution is -2.61. The lowest BCUT2D eigenvalue weighted by Gasteiger charge is -2.41. The van der Waals surface area contributed by atoms with E-state index in [-0.39, 0.29) is 30.1 Å². The Bertz CT molecular complexity index is 631. The maximum absolute atomic E-state index is 12.6. The molecule has 0 bridgehead atoms. The number of nitrogen functional groups attached to an aromatic ring is 1. The topological polar surface area (TPSA) is 99.8 Å². The molecule has 8 heteroatoms. The molecule has 0 spiro atoms. The number of amides is 3. The van der Waals surface area contributed by atoms with Crippen molar-refractivity contribution in [1.29, 1.82) is 0 Å². The Morgan fingerprint density at radius 2 is 2.00 bits per heavy atom. The van der Waals surface area contributed by atoms with Crippen LogP contribution in [0.2, 0.25) is 0 Å². The van der Waals surface area contributed by atoms with E-state index >= 15 is 0 Å². The van der Waals surface area contributed by atoms with Gasteiger partial charge in [-0.1, -0.05) is 0 Å². The first kappa shape index (κ1) is 16.7. The maximum atomic E-state index is 12.6. The van der Waals surface area contributed by atoms with Gasteiger partial charge in [0.1, 0.15) is 11.9 Å². The largest absolute Gasteiger partial charge is 0.383 e. The third-order valence-corrected chi connectivity index (χ3v) is 3.87. The summed E-state index contributed by atoms with van der Waals surface area (Å²) in [5, 5.41) is 0. The Morgan fingerprint density at radius 3 is 2.57 bits per heavy atom. The summed E-state index contributed by atoms with van der Waals surface area (Å²) >= 11 is 0. The summed E-state index contributed by atoms with van der Waals surface area (Å²) in [6.07, 6.45) is 1.51. The number of hydrogen-bond acceptors (Lipinski definition) is 5. The fourth-order valence-electron chi connectivity index (χ4n) is 2.62. The average Bonchev–Trinajstić information content (AvgIpc) is 2.53. The first-order chi connectivity index (χ1) is 10.8. The van der Waals surface area contributed by atoms with Gasteiger partial charge in [-0.2, -0.15) is 0 Å². The summed E-state index contributed by atoms with van der Waals surface area (Å²) in [6, 6.07) is 2.56. The first-order valence-electron chi connectivity index (χ1n) is 7.31. The Morgan fingerprint density at radius 1 is 1.30 bits per heavy atom. The van der Waals surface area contributed by atoms with E-state index in [1.807, 2.05) is 0 Å². The smallest absolute Gasteiger partial charge is 0.257 e. The highest BCUT2D eigenvalue weighted by Crippen LogP contribution is 2.17. The quantitative estimate of drug-likeness (QED) is 0.786. The molecule has 1 fully saturated rings. The van der Waals surface area contributed by atoms with Crippen LogP contribution < -0.4 is 5.73 Å². The van der Waals surface area contributed by atoms with Crippen molar-refractivity contribution in [3.63, 3.8) is 0 Å². The van der Waals surface area contributed by atoms with Gasteiger partial charge in [-0.15, -0.1) is 0 Å². The van der Waals surface area contributed by atoms with Gasteiger partial charge in [0.2, 0.25) is 11.8 Å². The van der Waals surface area contributed by atoms with Gasteiger partial charge < -0.3 is 20.4 Å². The molecule has 8 nitrogen and oxygen atoms in total. The van der Waals surface area contributed by atoms with Gasteiger partial charge in [0.15, 0.2) is 0 Å². The fraction of sp³-hybridized carbons (Fsp3) is 0.467. The van der Waals surface area contributed by atoms with Gasteiger partial charge in [0.05, 0.1) is 12.1 Å². The van der Waals surface area contributed by atoms with E-state index < -0.39 is 6.04 Å². The number of carbonyl (C=O) groups is 3. The summed E-state index contributed by atoms with van der Waals surface area (Å²) in [5.74, 6) is -0.521. The Hall–Kier alpha value is -2.64. The van der Waals surface area contributed by atoms with Crippen LogP contribution in [0, 0.1) is 0 Å². The van der Waals surface area contributed by atoms with Crippen molar-refractivity contribution >= 4 is 23.5 Å². The van der Waals surface area contributed by atoms with Gasteiger partial charge in [-0.25, -0.2) is 4.98 Å². The number of pyridine rings is 1. The summed E-state index contributed by atoms with van der Waals surface area (Å²) in [4.78, 5) is 45.1. The van der Waals surface area contributed by atoms with Crippen LogP contribution in [0.1, 0.15) is 17.3 Å². The average molecular weight is 319 g/mol. The molecule has 0 aromatic carbocycles. The molecular weight excluding hydrogens is 298 g/mol. The molecule has 1 aliphatic rings. The van der Waals surface area contributed by atoms with Crippen molar-refractivity contribution in [3.05, 3.63) is 23.9 Å². The zero-order valence-electron chi connectivity index (χ0n) is 13.5. The van der Waals surface area contributed by atoms with E-state index in [1.165, 1.54) is 22.9 Å². The van der Waals surface area contributed by atoms with Gasteiger partial charge in [0.25, 0.3) is 5.91 Å². The molecular formula is C15H21N5O3. The van der Waals surface area contributed by atoms with E-state index in [2.05, 4.69) is 4.98 Å². The van der Waals surface area contributed by atoms with Crippen LogP contribution in [0.5, 0.6) is 0 Å². The monoisotopic (exact) mass is 319 g/mol. The van der Waals surface area contributed by atoms with E-state index in [0.717, 1.165) is 0 Å².